The third kappa shape index (κ3) is 3.80. The van der Waals surface area contributed by atoms with E-state index in [1.165, 1.54) is 7.11 Å². The molecule has 0 aliphatic rings. The second kappa shape index (κ2) is 7.13. The van der Waals surface area contributed by atoms with Gasteiger partial charge >= 0.3 is 12.0 Å². The minimum atomic E-state index is -0.396. The first-order valence-electron chi connectivity index (χ1n) is 7.57. The van der Waals surface area contributed by atoms with Gasteiger partial charge in [-0.15, -0.1) is 0 Å². The highest BCUT2D eigenvalue weighted by atomic mass is 16.5. The number of rotatable bonds is 5. The molecule has 0 spiro atoms. The van der Waals surface area contributed by atoms with Crippen molar-refractivity contribution in [2.75, 3.05) is 13.7 Å². The summed E-state index contributed by atoms with van der Waals surface area (Å²) >= 11 is 0. The number of aromatic amines is 1. The van der Waals surface area contributed by atoms with Crippen molar-refractivity contribution in [3.8, 4) is 0 Å². The quantitative estimate of drug-likeness (QED) is 0.828. The van der Waals surface area contributed by atoms with Crippen molar-refractivity contribution in [1.82, 2.24) is 20.2 Å². The topological polar surface area (TPSA) is 87.3 Å². The van der Waals surface area contributed by atoms with Crippen molar-refractivity contribution in [2.24, 2.45) is 0 Å². The molecule has 0 aliphatic carbocycles. The fourth-order valence-electron chi connectivity index (χ4n) is 2.40. The summed E-state index contributed by atoms with van der Waals surface area (Å²) in [5, 5.41) is 2.84. The van der Waals surface area contributed by atoms with Crippen molar-refractivity contribution in [3.63, 3.8) is 0 Å². The number of carbonyl (C=O) groups is 2. The first-order valence-corrected chi connectivity index (χ1v) is 7.57. The first-order chi connectivity index (χ1) is 11.0. The SMILES string of the molecule is CCN(C(=O)NCc1nc2ccc(C(=O)OC)cc2[nH]1)C(C)C. The average Bonchev–Trinajstić information content (AvgIpc) is 2.94. The van der Waals surface area contributed by atoms with E-state index in [0.717, 1.165) is 11.0 Å². The largest absolute Gasteiger partial charge is 0.465 e. The van der Waals surface area contributed by atoms with Gasteiger partial charge in [-0.3, -0.25) is 0 Å². The fourth-order valence-corrected chi connectivity index (χ4v) is 2.40. The van der Waals surface area contributed by atoms with Gasteiger partial charge in [0, 0.05) is 12.6 Å². The van der Waals surface area contributed by atoms with E-state index < -0.39 is 5.97 Å². The molecule has 1 aromatic heterocycles. The lowest BCUT2D eigenvalue weighted by Gasteiger charge is -2.25. The van der Waals surface area contributed by atoms with Crippen molar-refractivity contribution < 1.29 is 14.3 Å². The Balaban J connectivity index is 2.09. The number of methoxy groups -OCH3 is 1. The molecule has 0 bridgehead atoms. The van der Waals surface area contributed by atoms with Crippen molar-refractivity contribution in [1.29, 1.82) is 0 Å². The highest BCUT2D eigenvalue weighted by Crippen LogP contribution is 2.14. The first kappa shape index (κ1) is 16.8. The van der Waals surface area contributed by atoms with E-state index in [0.29, 0.717) is 24.5 Å². The van der Waals surface area contributed by atoms with E-state index >= 15 is 0 Å². The van der Waals surface area contributed by atoms with Crippen molar-refractivity contribution in [3.05, 3.63) is 29.6 Å². The number of aromatic nitrogens is 2. The molecular weight excluding hydrogens is 296 g/mol. The Morgan fingerprint density at radius 3 is 2.74 bits per heavy atom. The molecule has 23 heavy (non-hydrogen) atoms. The molecule has 2 N–H and O–H groups in total. The van der Waals surface area contributed by atoms with Crippen LogP contribution < -0.4 is 5.32 Å². The minimum absolute atomic E-state index is 0.127. The Bertz CT molecular complexity index is 708. The zero-order chi connectivity index (χ0) is 17.0. The number of benzene rings is 1. The molecular formula is C16H22N4O3. The number of urea groups is 1. The van der Waals surface area contributed by atoms with Gasteiger partial charge in [-0.25, -0.2) is 14.6 Å². The molecule has 1 heterocycles. The van der Waals surface area contributed by atoms with Gasteiger partial charge in [-0.1, -0.05) is 0 Å². The van der Waals surface area contributed by atoms with Crippen LogP contribution in [0.25, 0.3) is 11.0 Å². The van der Waals surface area contributed by atoms with E-state index in [2.05, 4.69) is 15.3 Å². The van der Waals surface area contributed by atoms with Crippen LogP contribution in [0.5, 0.6) is 0 Å². The van der Waals surface area contributed by atoms with E-state index in [1.54, 1.807) is 23.1 Å². The molecule has 7 nitrogen and oxygen atoms in total. The van der Waals surface area contributed by atoms with Crippen LogP contribution >= 0.6 is 0 Å². The fraction of sp³-hybridized carbons (Fsp3) is 0.438. The Labute approximate surface area is 135 Å². The molecule has 2 aromatic rings. The smallest absolute Gasteiger partial charge is 0.337 e. The van der Waals surface area contributed by atoms with Crippen LogP contribution in [0.2, 0.25) is 0 Å². The van der Waals surface area contributed by atoms with E-state index in [4.69, 9.17) is 4.74 Å². The molecule has 0 atom stereocenters. The van der Waals surface area contributed by atoms with E-state index in [1.807, 2.05) is 20.8 Å². The maximum atomic E-state index is 12.1. The van der Waals surface area contributed by atoms with Crippen LogP contribution in [-0.2, 0) is 11.3 Å². The number of fused-ring (bicyclic) bond motifs is 1. The molecule has 1 aromatic carbocycles. The summed E-state index contributed by atoms with van der Waals surface area (Å²) in [6, 6.07) is 5.10. The summed E-state index contributed by atoms with van der Waals surface area (Å²) in [5.41, 5.74) is 1.92. The summed E-state index contributed by atoms with van der Waals surface area (Å²) in [6.45, 7) is 6.82. The number of amides is 2. The lowest BCUT2D eigenvalue weighted by atomic mass is 10.2. The summed E-state index contributed by atoms with van der Waals surface area (Å²) in [4.78, 5) is 32.9. The van der Waals surface area contributed by atoms with Gasteiger partial charge in [0.2, 0.25) is 0 Å². The molecule has 7 heteroatoms. The second-order valence-electron chi connectivity index (χ2n) is 5.45. The number of ether oxygens (including phenoxy) is 1. The molecule has 2 rings (SSSR count). The predicted molar refractivity (Wildman–Crippen MR) is 87.2 cm³/mol. The van der Waals surface area contributed by atoms with Gasteiger partial charge in [0.05, 0.1) is 30.3 Å². The van der Waals surface area contributed by atoms with Crippen LogP contribution in [0.4, 0.5) is 4.79 Å². The van der Waals surface area contributed by atoms with Crippen molar-refractivity contribution >= 4 is 23.0 Å². The molecule has 0 aliphatic heterocycles. The Kier molecular flexibility index (Phi) is 5.20. The van der Waals surface area contributed by atoms with Gasteiger partial charge in [0.15, 0.2) is 0 Å². The lowest BCUT2D eigenvalue weighted by Crippen LogP contribution is -2.43. The highest BCUT2D eigenvalue weighted by molar-refractivity contribution is 5.93. The molecule has 124 valence electrons. The molecule has 2 amide bonds. The highest BCUT2D eigenvalue weighted by Gasteiger charge is 2.15. The summed E-state index contributed by atoms with van der Waals surface area (Å²) in [7, 11) is 1.34. The number of nitrogens with zero attached hydrogens (tertiary/aromatic N) is 2. The number of imidazole rings is 1. The van der Waals surface area contributed by atoms with Crippen LogP contribution in [0.15, 0.2) is 18.2 Å². The van der Waals surface area contributed by atoms with E-state index in [-0.39, 0.29) is 12.1 Å². The Hall–Kier alpha value is -2.57. The number of H-pyrrole nitrogens is 1. The average molecular weight is 318 g/mol. The number of carbonyl (C=O) groups excluding carboxylic acids is 2. The molecule has 0 radical (unpaired) electrons. The van der Waals surface area contributed by atoms with Gasteiger partial charge in [0.25, 0.3) is 0 Å². The Morgan fingerprint density at radius 2 is 2.13 bits per heavy atom. The minimum Gasteiger partial charge on any atom is -0.465 e. The summed E-state index contributed by atoms with van der Waals surface area (Å²) in [6.07, 6.45) is 0. The van der Waals surface area contributed by atoms with Crippen LogP contribution in [0, 0.1) is 0 Å². The van der Waals surface area contributed by atoms with Gasteiger partial charge in [0.1, 0.15) is 5.82 Å². The monoisotopic (exact) mass is 318 g/mol. The van der Waals surface area contributed by atoms with Crippen LogP contribution in [0.1, 0.15) is 37.0 Å². The molecule has 0 saturated heterocycles. The summed E-state index contributed by atoms with van der Waals surface area (Å²) < 4.78 is 4.70. The zero-order valence-electron chi connectivity index (χ0n) is 13.8. The standard InChI is InChI=1S/C16H22N4O3/c1-5-20(10(2)3)16(22)17-9-14-18-12-7-6-11(15(21)23-4)8-13(12)19-14/h6-8,10H,5,9H2,1-4H3,(H,17,22)(H,18,19). The zero-order valence-corrected chi connectivity index (χ0v) is 13.8. The van der Waals surface area contributed by atoms with Gasteiger partial charge < -0.3 is 19.9 Å². The maximum Gasteiger partial charge on any atom is 0.337 e. The number of nitrogens with one attached hydrogen (secondary N) is 2. The normalized spacial score (nSPS) is 10.8. The number of hydrogen-bond donors (Lipinski definition) is 2. The third-order valence-corrected chi connectivity index (χ3v) is 3.58. The third-order valence-electron chi connectivity index (χ3n) is 3.58. The van der Waals surface area contributed by atoms with Crippen LogP contribution in [0.3, 0.4) is 0 Å². The second-order valence-corrected chi connectivity index (χ2v) is 5.45. The van der Waals surface area contributed by atoms with Crippen LogP contribution in [-0.4, -0.2) is 46.6 Å². The summed E-state index contributed by atoms with van der Waals surface area (Å²) in [5.74, 6) is 0.238. The predicted octanol–water partition coefficient (Wildman–Crippen LogP) is 2.29. The molecule has 0 unspecified atom stereocenters. The van der Waals surface area contributed by atoms with E-state index in [9.17, 15) is 9.59 Å². The molecule has 0 fully saturated rings. The van der Waals surface area contributed by atoms with Gasteiger partial charge in [-0.2, -0.15) is 0 Å². The Morgan fingerprint density at radius 1 is 1.39 bits per heavy atom. The maximum absolute atomic E-state index is 12.1. The van der Waals surface area contributed by atoms with Gasteiger partial charge in [-0.05, 0) is 39.0 Å². The molecule has 0 saturated carbocycles. The number of esters is 1. The number of hydrogen-bond acceptors (Lipinski definition) is 4. The van der Waals surface area contributed by atoms with Crippen molar-refractivity contribution in [2.45, 2.75) is 33.4 Å². The lowest BCUT2D eigenvalue weighted by molar-refractivity contribution is 0.0601.